The molecule has 0 spiro atoms. The van der Waals surface area contributed by atoms with Crippen molar-refractivity contribution >= 4 is 24.0 Å². The first-order chi connectivity index (χ1) is 13.9. The Morgan fingerprint density at radius 3 is 2.52 bits per heavy atom. The van der Waals surface area contributed by atoms with Crippen LogP contribution < -0.4 is 0 Å². The highest BCUT2D eigenvalue weighted by Gasteiger charge is 2.45. The van der Waals surface area contributed by atoms with Gasteiger partial charge in [-0.15, -0.1) is 0 Å². The number of amides is 1. The molecule has 1 aliphatic heterocycles. The lowest BCUT2D eigenvalue weighted by Gasteiger charge is -2.41. The monoisotopic (exact) mass is 423 g/mol. The third-order valence-corrected chi connectivity index (χ3v) is 6.45. The Bertz CT molecular complexity index is 696. The van der Waals surface area contributed by atoms with E-state index in [1.165, 1.54) is 12.8 Å². The van der Waals surface area contributed by atoms with Crippen LogP contribution in [0.25, 0.3) is 0 Å². The van der Waals surface area contributed by atoms with Crippen molar-refractivity contribution in [3.05, 3.63) is 29.0 Å². The lowest BCUT2D eigenvalue weighted by atomic mass is 9.77. The van der Waals surface area contributed by atoms with Crippen molar-refractivity contribution in [1.29, 1.82) is 0 Å². The smallest absolute Gasteiger partial charge is 0.290 e. The molecule has 0 bridgehead atoms. The molecule has 1 N–H and O–H groups in total. The van der Waals surface area contributed by atoms with E-state index in [0.717, 1.165) is 38.5 Å². The van der Waals surface area contributed by atoms with Crippen molar-refractivity contribution in [3.63, 3.8) is 0 Å². The van der Waals surface area contributed by atoms with Gasteiger partial charge in [-0.05, 0) is 69.7 Å². The van der Waals surface area contributed by atoms with E-state index in [9.17, 15) is 4.79 Å². The van der Waals surface area contributed by atoms with Crippen LogP contribution in [0.5, 0.6) is 0 Å². The van der Waals surface area contributed by atoms with Crippen LogP contribution in [-0.4, -0.2) is 78.2 Å². The maximum absolute atomic E-state index is 12.8. The Morgan fingerprint density at radius 2 is 1.97 bits per heavy atom. The Hall–Kier alpha value is -1.70. The second-order valence-electron chi connectivity index (χ2n) is 8.51. The molecule has 3 fully saturated rings. The molecule has 1 aromatic rings. The van der Waals surface area contributed by atoms with Crippen molar-refractivity contribution in [3.8, 4) is 0 Å². The third-order valence-electron chi connectivity index (χ3n) is 6.22. The molecule has 3 aliphatic rings. The quantitative estimate of drug-likeness (QED) is 0.733. The summed E-state index contributed by atoms with van der Waals surface area (Å²) in [5.74, 6) is 1.90. The van der Waals surface area contributed by atoms with Crippen LogP contribution in [0.2, 0.25) is 5.02 Å². The second-order valence-corrected chi connectivity index (χ2v) is 8.95. The molecule has 2 saturated carbocycles. The van der Waals surface area contributed by atoms with Crippen LogP contribution in [0, 0.1) is 17.8 Å². The van der Waals surface area contributed by atoms with Crippen molar-refractivity contribution < 1.29 is 19.4 Å². The fraction of sp³-hybridized carbons (Fsp3) is 0.667. The minimum Gasteiger partial charge on any atom is -0.483 e. The van der Waals surface area contributed by atoms with Crippen LogP contribution in [0.4, 0.5) is 0 Å². The molecule has 1 saturated heterocycles. The molecular weight excluding hydrogens is 394 g/mol. The number of hydrogen-bond donors (Lipinski definition) is 1. The number of aromatic nitrogens is 1. The average molecular weight is 424 g/mol. The van der Waals surface area contributed by atoms with E-state index >= 15 is 0 Å². The van der Waals surface area contributed by atoms with Gasteiger partial charge in [-0.1, -0.05) is 11.6 Å². The number of nitrogens with zero attached hydrogens (tertiary/aromatic N) is 3. The molecule has 2 aliphatic carbocycles. The number of halogens is 1. The van der Waals surface area contributed by atoms with Crippen LogP contribution >= 0.6 is 11.6 Å². The van der Waals surface area contributed by atoms with Crippen LogP contribution in [0.3, 0.4) is 0 Å². The van der Waals surface area contributed by atoms with E-state index < -0.39 is 0 Å². The number of carbonyl (C=O) groups excluding carboxylic acids is 1. The number of fused-ring (bicyclic) bond motifs is 1. The number of ether oxygens (including phenoxy) is 1. The van der Waals surface area contributed by atoms with Crippen LogP contribution in [-0.2, 0) is 9.53 Å². The molecule has 160 valence electrons. The second kappa shape index (κ2) is 9.87. The number of carboxylic acid groups (broad SMARTS) is 1. The zero-order valence-electron chi connectivity index (χ0n) is 17.0. The molecule has 4 atom stereocenters. The molecule has 0 aromatic carbocycles. The molecule has 4 rings (SSSR count). The first-order valence-corrected chi connectivity index (χ1v) is 10.6. The molecule has 8 heteroatoms. The summed E-state index contributed by atoms with van der Waals surface area (Å²) in [5.41, 5.74) is 0.485. The van der Waals surface area contributed by atoms with Gasteiger partial charge in [0.05, 0.1) is 11.1 Å². The van der Waals surface area contributed by atoms with E-state index in [2.05, 4.69) is 24.0 Å². The molecule has 1 amide bonds. The summed E-state index contributed by atoms with van der Waals surface area (Å²) in [6.45, 7) is 2.30. The summed E-state index contributed by atoms with van der Waals surface area (Å²) in [7, 11) is 4.29. The number of likely N-dealkylation sites (N-methyl/N-ethyl adjacent to an activating group) is 1. The van der Waals surface area contributed by atoms with Gasteiger partial charge >= 0.3 is 0 Å². The Kier molecular flexibility index (Phi) is 7.49. The maximum Gasteiger partial charge on any atom is 0.290 e. The van der Waals surface area contributed by atoms with E-state index in [1.54, 1.807) is 18.3 Å². The van der Waals surface area contributed by atoms with Gasteiger partial charge in [-0.2, -0.15) is 0 Å². The predicted octanol–water partition coefficient (Wildman–Crippen LogP) is 2.64. The van der Waals surface area contributed by atoms with E-state index in [-0.39, 0.29) is 18.5 Å². The zero-order chi connectivity index (χ0) is 21.0. The van der Waals surface area contributed by atoms with Gasteiger partial charge in [0.1, 0.15) is 5.69 Å². The largest absolute Gasteiger partial charge is 0.483 e. The minimum atomic E-state index is -0.250. The summed E-state index contributed by atoms with van der Waals surface area (Å²) in [5, 5.41) is 7.45. The highest BCUT2D eigenvalue weighted by Crippen LogP contribution is 2.40. The third kappa shape index (κ3) is 5.68. The van der Waals surface area contributed by atoms with Crippen LogP contribution in [0.15, 0.2) is 18.3 Å². The van der Waals surface area contributed by atoms with Gasteiger partial charge in [-0.25, -0.2) is 4.98 Å². The number of pyridine rings is 1. The number of likely N-dealkylation sites (tertiary alicyclic amines) is 1. The van der Waals surface area contributed by atoms with Crippen LogP contribution in [0.1, 0.15) is 36.2 Å². The van der Waals surface area contributed by atoms with Gasteiger partial charge in [-0.3, -0.25) is 9.59 Å². The fourth-order valence-electron chi connectivity index (χ4n) is 4.49. The number of hydrogen-bond acceptors (Lipinski definition) is 5. The summed E-state index contributed by atoms with van der Waals surface area (Å²) in [6.07, 6.45) is 6.63. The first-order valence-electron chi connectivity index (χ1n) is 10.2. The number of carbonyl (C=O) groups is 2. The van der Waals surface area contributed by atoms with Crippen molar-refractivity contribution in [2.75, 3.05) is 33.8 Å². The summed E-state index contributed by atoms with van der Waals surface area (Å²) < 4.78 is 6.31. The molecule has 1 aromatic heterocycles. The lowest BCUT2D eigenvalue weighted by molar-refractivity contribution is -0.122. The minimum absolute atomic E-state index is 0.0212. The van der Waals surface area contributed by atoms with Crippen molar-refractivity contribution in [2.24, 2.45) is 17.8 Å². The first kappa shape index (κ1) is 22.0. The highest BCUT2D eigenvalue weighted by atomic mass is 35.5. The SMILES string of the molecule is CN(C)[C@@H]1C[C@@H]2CN(C(=O)c3ccc(Cl)cn3)C[C@@H]2C[C@H]1OCC1CC1.O=CO. The van der Waals surface area contributed by atoms with Gasteiger partial charge in [0.2, 0.25) is 0 Å². The predicted molar refractivity (Wildman–Crippen MR) is 110 cm³/mol. The molecular formula is C21H30ClN3O4. The fourth-order valence-corrected chi connectivity index (χ4v) is 4.60. The Labute approximate surface area is 177 Å². The van der Waals surface area contributed by atoms with E-state index in [0.29, 0.717) is 28.6 Å². The summed E-state index contributed by atoms with van der Waals surface area (Å²) in [6, 6.07) is 3.89. The van der Waals surface area contributed by atoms with E-state index in [1.807, 2.05) is 4.90 Å². The Morgan fingerprint density at radius 1 is 1.31 bits per heavy atom. The number of rotatable bonds is 5. The van der Waals surface area contributed by atoms with Gasteiger partial charge < -0.3 is 19.6 Å². The molecule has 2 heterocycles. The summed E-state index contributed by atoms with van der Waals surface area (Å²) in [4.78, 5) is 29.6. The normalized spacial score (nSPS) is 28.5. The lowest BCUT2D eigenvalue weighted by Crippen LogP contribution is -2.48. The van der Waals surface area contributed by atoms with Crippen molar-refractivity contribution in [1.82, 2.24) is 14.8 Å². The van der Waals surface area contributed by atoms with E-state index in [4.69, 9.17) is 26.2 Å². The Balaban J connectivity index is 0.000000755. The standard InChI is InChI=1S/C20H28ClN3O2.CH2O2/c1-23(2)18-7-14-10-24(20(25)17-6-5-16(21)9-22-17)11-15(14)8-19(18)26-12-13-3-4-13;2-1-3/h5-6,9,13-15,18-19H,3-4,7-8,10-12H2,1-2H3;1H,(H,2,3)/t14-,15+,18-,19-;/m1./s1. The average Bonchev–Trinajstić information content (AvgIpc) is 3.43. The van der Waals surface area contributed by atoms with Gasteiger partial charge in [0, 0.05) is 31.9 Å². The molecule has 29 heavy (non-hydrogen) atoms. The van der Waals surface area contributed by atoms with Crippen molar-refractivity contribution in [2.45, 2.75) is 37.8 Å². The molecule has 7 nitrogen and oxygen atoms in total. The molecule has 0 unspecified atom stereocenters. The molecule has 0 radical (unpaired) electrons. The highest BCUT2D eigenvalue weighted by molar-refractivity contribution is 6.30. The van der Waals surface area contributed by atoms with Gasteiger partial charge in [0.15, 0.2) is 0 Å². The van der Waals surface area contributed by atoms with Gasteiger partial charge in [0.25, 0.3) is 12.4 Å². The topological polar surface area (TPSA) is 83.0 Å². The summed E-state index contributed by atoms with van der Waals surface area (Å²) >= 11 is 5.89. The zero-order valence-corrected chi connectivity index (χ0v) is 17.8. The maximum atomic E-state index is 12.8.